The number of hydrogen-bond donors (Lipinski definition) is 1. The maximum absolute atomic E-state index is 10.7. The van der Waals surface area contributed by atoms with Crippen LogP contribution in [-0.4, -0.2) is 11.4 Å². The van der Waals surface area contributed by atoms with Crippen LogP contribution in [0.2, 0.25) is 0 Å². The van der Waals surface area contributed by atoms with Gasteiger partial charge in [0.2, 0.25) is 0 Å². The molecule has 0 bridgehead atoms. The summed E-state index contributed by atoms with van der Waals surface area (Å²) in [4.78, 5) is 10.7. The quantitative estimate of drug-likeness (QED) is 0.688. The molecule has 0 radical (unpaired) electrons. The number of carbonyl (C=O) groups excluding carboxylic acids is 1. The third-order valence-corrected chi connectivity index (χ3v) is 1.86. The first-order valence-corrected chi connectivity index (χ1v) is 4.33. The molecule has 0 aliphatic heterocycles. The van der Waals surface area contributed by atoms with Crippen molar-refractivity contribution in [1.29, 1.82) is 0 Å². The van der Waals surface area contributed by atoms with E-state index in [9.17, 15) is 9.90 Å². The van der Waals surface area contributed by atoms with E-state index >= 15 is 0 Å². The van der Waals surface area contributed by atoms with Crippen molar-refractivity contribution in [2.45, 2.75) is 6.92 Å². The van der Waals surface area contributed by atoms with E-state index in [1.54, 1.807) is 25.1 Å². The Balaban J connectivity index is 3.49. The summed E-state index contributed by atoms with van der Waals surface area (Å²) < 4.78 is 0. The molecule has 1 aromatic rings. The Morgan fingerprint density at radius 1 is 1.07 bits per heavy atom. The first-order chi connectivity index (χ1) is 6.75. The maximum Gasteiger partial charge on any atom is 0.154 e. The van der Waals surface area contributed by atoms with Crippen molar-refractivity contribution < 1.29 is 9.90 Å². The van der Waals surface area contributed by atoms with E-state index in [-0.39, 0.29) is 5.75 Å². The molecule has 2 nitrogen and oxygen atoms in total. The topological polar surface area (TPSA) is 37.3 Å². The lowest BCUT2D eigenvalue weighted by molar-refractivity contribution is 0.112. The highest BCUT2D eigenvalue weighted by molar-refractivity contribution is 5.80. The monoisotopic (exact) mass is 188 g/mol. The summed E-state index contributed by atoms with van der Waals surface area (Å²) in [6.45, 7) is 1.78. The maximum atomic E-state index is 10.7. The van der Waals surface area contributed by atoms with Crippen LogP contribution in [-0.2, 0) is 0 Å². The van der Waals surface area contributed by atoms with Gasteiger partial charge in [-0.3, -0.25) is 4.79 Å². The Morgan fingerprint density at radius 3 is 2.29 bits per heavy atom. The molecule has 0 aliphatic carbocycles. The number of aryl methyl sites for hydroxylation is 1. The zero-order valence-electron chi connectivity index (χ0n) is 7.97. The van der Waals surface area contributed by atoms with E-state index in [2.05, 4.69) is 0 Å². The highest BCUT2D eigenvalue weighted by Crippen LogP contribution is 2.14. The van der Waals surface area contributed by atoms with Crippen LogP contribution in [0, 0.1) is 6.92 Å². The minimum atomic E-state index is -0.00583. The normalized spacial score (nSPS) is 8.93. The summed E-state index contributed by atoms with van der Waals surface area (Å²) in [7, 11) is 0. The van der Waals surface area contributed by atoms with Gasteiger partial charge in [-0.25, -0.2) is 0 Å². The molecule has 1 N–H and O–H groups in total. The third-order valence-electron chi connectivity index (χ3n) is 1.86. The van der Waals surface area contributed by atoms with Gasteiger partial charge in [0.1, 0.15) is 5.75 Å². The van der Waals surface area contributed by atoms with Crippen LogP contribution in [0.25, 0.3) is 0 Å². The summed E-state index contributed by atoms with van der Waals surface area (Å²) in [6.07, 6.45) is 0.657. The van der Waals surface area contributed by atoms with Gasteiger partial charge in [0.05, 0.1) is 5.56 Å². The second-order valence-corrected chi connectivity index (χ2v) is 2.90. The van der Waals surface area contributed by atoms with Gasteiger partial charge in [-0.1, -0.05) is 36.4 Å². The first kappa shape index (κ1) is 10.3. The molecular weight excluding hydrogens is 176 g/mol. The summed E-state index contributed by atoms with van der Waals surface area (Å²) in [5.74, 6) is -0.00583. The molecule has 1 rings (SSSR count). The molecule has 0 saturated carbocycles. The average molecular weight is 188 g/mol. The number of carbonyl (C=O) groups is 1. The molecule has 0 spiro atoms. The van der Waals surface area contributed by atoms with Gasteiger partial charge in [-0.2, -0.15) is 0 Å². The lowest BCUT2D eigenvalue weighted by Crippen LogP contribution is -1.82. The zero-order valence-corrected chi connectivity index (χ0v) is 7.97. The number of rotatable bonds is 1. The van der Waals surface area contributed by atoms with E-state index in [0.717, 1.165) is 5.56 Å². The highest BCUT2D eigenvalue weighted by Gasteiger charge is 1.97. The fraction of sp³-hybridized carbons (Fsp3) is 0.0833. The van der Waals surface area contributed by atoms with E-state index in [4.69, 9.17) is 0 Å². The standard InChI is InChI=1S/C12H12O2/c1-10-7-5-3-2-4-6-8-12(14)11(10)9-13/h2-9,14H,1H3. The first-order valence-electron chi connectivity index (χ1n) is 4.33. The van der Waals surface area contributed by atoms with Gasteiger partial charge < -0.3 is 5.11 Å². The second-order valence-electron chi connectivity index (χ2n) is 2.90. The van der Waals surface area contributed by atoms with Crippen molar-refractivity contribution in [2.75, 3.05) is 0 Å². The van der Waals surface area contributed by atoms with Crippen LogP contribution in [0.1, 0.15) is 15.9 Å². The van der Waals surface area contributed by atoms with Crippen molar-refractivity contribution in [1.82, 2.24) is 0 Å². The molecule has 14 heavy (non-hydrogen) atoms. The van der Waals surface area contributed by atoms with E-state index in [0.29, 0.717) is 11.8 Å². The second kappa shape index (κ2) is 5.02. The number of hydrogen-bond acceptors (Lipinski definition) is 2. The zero-order chi connectivity index (χ0) is 10.4. The molecule has 72 valence electrons. The molecule has 0 saturated heterocycles. The van der Waals surface area contributed by atoms with Crippen molar-refractivity contribution in [2.24, 2.45) is 0 Å². The Bertz CT molecular complexity index is 351. The average Bonchev–Trinajstić information content (AvgIpc) is 2.17. The van der Waals surface area contributed by atoms with Gasteiger partial charge in [0.15, 0.2) is 6.29 Å². The SMILES string of the molecule is Cc1cccccccc(O)c1C=O. The lowest BCUT2D eigenvalue weighted by Gasteiger charge is -1.95. The highest BCUT2D eigenvalue weighted by atomic mass is 16.3. The minimum Gasteiger partial charge on any atom is -0.507 e. The molecule has 0 unspecified atom stereocenters. The van der Waals surface area contributed by atoms with Crippen LogP contribution in [0.3, 0.4) is 0 Å². The molecule has 0 amide bonds. The van der Waals surface area contributed by atoms with Crippen LogP contribution in [0.4, 0.5) is 0 Å². The summed E-state index contributed by atoms with van der Waals surface area (Å²) in [6, 6.07) is 12.3. The van der Waals surface area contributed by atoms with Crippen molar-refractivity contribution in [3.05, 3.63) is 53.6 Å². The Kier molecular flexibility index (Phi) is 3.68. The summed E-state index contributed by atoms with van der Waals surface area (Å²) >= 11 is 0. The molecule has 2 heteroatoms. The molecule has 1 aromatic carbocycles. The van der Waals surface area contributed by atoms with Gasteiger partial charge in [0.25, 0.3) is 0 Å². The van der Waals surface area contributed by atoms with Gasteiger partial charge >= 0.3 is 0 Å². The van der Waals surface area contributed by atoms with E-state index in [1.807, 2.05) is 18.2 Å². The number of aromatic hydroxyl groups is 1. The molecular formula is C12H12O2. The molecule has 0 heterocycles. The van der Waals surface area contributed by atoms with Crippen molar-refractivity contribution in [3.8, 4) is 5.75 Å². The fourth-order valence-electron chi connectivity index (χ4n) is 1.07. The third kappa shape index (κ3) is 2.59. The van der Waals surface area contributed by atoms with Crippen molar-refractivity contribution >= 4 is 6.29 Å². The van der Waals surface area contributed by atoms with Crippen LogP contribution >= 0.6 is 0 Å². The fourth-order valence-corrected chi connectivity index (χ4v) is 1.07. The van der Waals surface area contributed by atoms with Crippen molar-refractivity contribution in [3.63, 3.8) is 0 Å². The molecule has 0 fully saturated rings. The molecule has 0 atom stereocenters. The van der Waals surface area contributed by atoms with E-state index < -0.39 is 0 Å². The predicted molar refractivity (Wildman–Crippen MR) is 55.9 cm³/mol. The Morgan fingerprint density at radius 2 is 1.64 bits per heavy atom. The van der Waals surface area contributed by atoms with Crippen LogP contribution < -0.4 is 0 Å². The summed E-state index contributed by atoms with van der Waals surface area (Å²) in [5, 5.41) is 9.52. The summed E-state index contributed by atoms with van der Waals surface area (Å²) in [5.41, 5.74) is 1.06. The molecule has 0 aromatic heterocycles. The van der Waals surface area contributed by atoms with Crippen LogP contribution in [0.5, 0.6) is 5.75 Å². The minimum absolute atomic E-state index is 0.00583. The molecule has 0 aliphatic rings. The smallest absolute Gasteiger partial charge is 0.154 e. The van der Waals surface area contributed by atoms with Gasteiger partial charge in [0, 0.05) is 0 Å². The van der Waals surface area contributed by atoms with Gasteiger partial charge in [-0.05, 0) is 18.6 Å². The largest absolute Gasteiger partial charge is 0.507 e. The van der Waals surface area contributed by atoms with E-state index in [1.165, 1.54) is 6.07 Å². The lowest BCUT2D eigenvalue weighted by atomic mass is 10.1. The number of aldehydes is 1. The predicted octanol–water partition coefficient (Wildman–Crippen LogP) is 2.64. The van der Waals surface area contributed by atoms with Crippen LogP contribution in [0.15, 0.2) is 42.5 Å². The Hall–Kier alpha value is -1.83. The van der Waals surface area contributed by atoms with Gasteiger partial charge in [-0.15, -0.1) is 0 Å². The Labute approximate surface area is 83.2 Å².